The number of benzene rings is 1. The average Bonchev–Trinajstić information content (AvgIpc) is 2.61. The molecule has 0 radical (unpaired) electrons. The van der Waals surface area contributed by atoms with Crippen LogP contribution >= 0.6 is 0 Å². The Balaban J connectivity index is 1.79. The van der Waals surface area contributed by atoms with Crippen molar-refractivity contribution < 1.29 is 9.59 Å². The number of carbonyl (C=O) groups is 2. The minimum atomic E-state index is -0.00764. The topological polar surface area (TPSA) is 52.7 Å². The van der Waals surface area contributed by atoms with Crippen molar-refractivity contribution >= 4 is 17.5 Å². The monoisotopic (exact) mass is 331 g/mol. The minimum Gasteiger partial charge on any atom is -0.368 e. The Morgan fingerprint density at radius 2 is 1.79 bits per heavy atom. The summed E-state index contributed by atoms with van der Waals surface area (Å²) < 4.78 is 0. The van der Waals surface area contributed by atoms with E-state index >= 15 is 0 Å². The van der Waals surface area contributed by atoms with Gasteiger partial charge in [0.15, 0.2) is 0 Å². The number of aryl methyl sites for hydroxylation is 1. The molecular formula is C19H29N3O2. The van der Waals surface area contributed by atoms with Crippen LogP contribution in [0.3, 0.4) is 0 Å². The van der Waals surface area contributed by atoms with E-state index in [0.717, 1.165) is 25.9 Å². The molecule has 0 spiro atoms. The predicted molar refractivity (Wildman–Crippen MR) is 97.1 cm³/mol. The molecule has 0 aromatic heterocycles. The zero-order chi connectivity index (χ0) is 17.5. The van der Waals surface area contributed by atoms with E-state index < -0.39 is 0 Å². The third-order valence-electron chi connectivity index (χ3n) is 4.77. The van der Waals surface area contributed by atoms with E-state index in [4.69, 9.17) is 0 Å². The quantitative estimate of drug-likeness (QED) is 0.869. The smallest absolute Gasteiger partial charge is 0.242 e. The highest BCUT2D eigenvalue weighted by molar-refractivity contribution is 5.86. The molecule has 2 amide bonds. The lowest BCUT2D eigenvalue weighted by atomic mass is 10.0. The Kier molecular flexibility index (Phi) is 6.64. The van der Waals surface area contributed by atoms with Crippen molar-refractivity contribution in [3.63, 3.8) is 0 Å². The molecule has 1 aliphatic rings. The minimum absolute atomic E-state index is 0.00764. The van der Waals surface area contributed by atoms with Crippen LogP contribution in [0, 0.1) is 12.8 Å². The first-order chi connectivity index (χ1) is 11.5. The summed E-state index contributed by atoms with van der Waals surface area (Å²) in [6.07, 6.45) is 1.62. The molecule has 1 heterocycles. The van der Waals surface area contributed by atoms with Crippen molar-refractivity contribution in [1.82, 2.24) is 10.2 Å². The first-order valence-corrected chi connectivity index (χ1v) is 8.92. The van der Waals surface area contributed by atoms with Crippen LogP contribution in [-0.4, -0.2) is 49.4 Å². The van der Waals surface area contributed by atoms with Crippen LogP contribution < -0.4 is 10.2 Å². The van der Waals surface area contributed by atoms with E-state index in [1.807, 2.05) is 18.7 Å². The molecule has 0 saturated carbocycles. The van der Waals surface area contributed by atoms with Crippen molar-refractivity contribution in [1.29, 1.82) is 0 Å². The Labute approximate surface area is 145 Å². The van der Waals surface area contributed by atoms with Gasteiger partial charge in [-0.3, -0.25) is 9.59 Å². The Hall–Kier alpha value is -2.04. The molecule has 132 valence electrons. The van der Waals surface area contributed by atoms with Crippen molar-refractivity contribution in [3.05, 3.63) is 29.8 Å². The van der Waals surface area contributed by atoms with E-state index in [1.54, 1.807) is 0 Å². The van der Waals surface area contributed by atoms with Gasteiger partial charge in [0.1, 0.15) is 0 Å². The predicted octanol–water partition coefficient (Wildman–Crippen LogP) is 2.20. The molecule has 0 bridgehead atoms. The Morgan fingerprint density at radius 3 is 2.38 bits per heavy atom. The third-order valence-corrected chi connectivity index (χ3v) is 4.77. The molecule has 1 saturated heterocycles. The molecule has 2 rings (SSSR count). The second kappa shape index (κ2) is 8.71. The summed E-state index contributed by atoms with van der Waals surface area (Å²) >= 11 is 0. The maximum absolute atomic E-state index is 12.3. The molecule has 0 unspecified atom stereocenters. The van der Waals surface area contributed by atoms with Gasteiger partial charge < -0.3 is 15.1 Å². The maximum Gasteiger partial charge on any atom is 0.242 e. The summed E-state index contributed by atoms with van der Waals surface area (Å²) in [6.45, 7) is 9.26. The van der Waals surface area contributed by atoms with Crippen LogP contribution in [0.5, 0.6) is 0 Å². The van der Waals surface area contributed by atoms with Gasteiger partial charge in [0.05, 0.1) is 6.54 Å². The first-order valence-electron chi connectivity index (χ1n) is 8.92. The second-order valence-electron chi connectivity index (χ2n) is 6.44. The number of nitrogens with zero attached hydrogens (tertiary/aromatic N) is 2. The Bertz CT molecular complexity index is 561. The molecule has 0 atom stereocenters. The van der Waals surface area contributed by atoms with E-state index in [1.165, 1.54) is 11.3 Å². The van der Waals surface area contributed by atoms with Crippen LogP contribution in [0.25, 0.3) is 0 Å². The lowest BCUT2D eigenvalue weighted by Gasteiger charge is -2.36. The molecule has 1 N–H and O–H groups in total. The summed E-state index contributed by atoms with van der Waals surface area (Å²) in [5.41, 5.74) is 2.46. The summed E-state index contributed by atoms with van der Waals surface area (Å²) in [4.78, 5) is 28.4. The van der Waals surface area contributed by atoms with E-state index in [0.29, 0.717) is 13.1 Å². The largest absolute Gasteiger partial charge is 0.368 e. The van der Waals surface area contributed by atoms with Crippen molar-refractivity contribution in [2.45, 2.75) is 33.6 Å². The molecule has 1 fully saturated rings. The number of piperazine rings is 1. The average molecular weight is 331 g/mol. The van der Waals surface area contributed by atoms with Crippen molar-refractivity contribution in [3.8, 4) is 0 Å². The van der Waals surface area contributed by atoms with Gasteiger partial charge in [-0.25, -0.2) is 0 Å². The van der Waals surface area contributed by atoms with E-state index in [-0.39, 0.29) is 24.3 Å². The molecular weight excluding hydrogens is 302 g/mol. The molecule has 5 nitrogen and oxygen atoms in total. The first kappa shape index (κ1) is 18.3. The summed E-state index contributed by atoms with van der Waals surface area (Å²) in [5, 5.41) is 2.79. The van der Waals surface area contributed by atoms with Crippen LogP contribution in [0.1, 0.15) is 32.3 Å². The molecule has 1 aromatic rings. The SMILES string of the molecule is CCC(CC)C(=O)NCC(=O)N1CCN(c2cccc(C)c2)CC1. The van der Waals surface area contributed by atoms with Crippen molar-refractivity contribution in [2.75, 3.05) is 37.6 Å². The fraction of sp³-hybridized carbons (Fsp3) is 0.579. The van der Waals surface area contributed by atoms with Gasteiger partial charge in [-0.2, -0.15) is 0 Å². The lowest BCUT2D eigenvalue weighted by Crippen LogP contribution is -2.51. The maximum atomic E-state index is 12.3. The second-order valence-corrected chi connectivity index (χ2v) is 6.44. The van der Waals surface area contributed by atoms with E-state index in [9.17, 15) is 9.59 Å². The fourth-order valence-electron chi connectivity index (χ4n) is 3.12. The molecule has 5 heteroatoms. The standard InChI is InChI=1S/C19H29N3O2/c1-4-16(5-2)19(24)20-14-18(23)22-11-9-21(10-12-22)17-8-6-7-15(3)13-17/h6-8,13,16H,4-5,9-12,14H2,1-3H3,(H,20,24). The number of amides is 2. The van der Waals surface area contributed by atoms with Crippen LogP contribution in [0.15, 0.2) is 24.3 Å². The number of anilines is 1. The number of carbonyl (C=O) groups excluding carboxylic acids is 2. The molecule has 0 aliphatic carbocycles. The van der Waals surface area contributed by atoms with Gasteiger partial charge in [-0.05, 0) is 37.5 Å². The summed E-state index contributed by atoms with van der Waals surface area (Å²) in [6, 6.07) is 8.44. The van der Waals surface area contributed by atoms with Gasteiger partial charge in [-0.15, -0.1) is 0 Å². The summed E-state index contributed by atoms with van der Waals surface area (Å²) in [5.74, 6) is 0.0147. The van der Waals surface area contributed by atoms with Crippen LogP contribution in [0.2, 0.25) is 0 Å². The zero-order valence-corrected chi connectivity index (χ0v) is 15.0. The van der Waals surface area contributed by atoms with Gasteiger partial charge in [0.25, 0.3) is 0 Å². The number of nitrogens with one attached hydrogen (secondary N) is 1. The molecule has 24 heavy (non-hydrogen) atoms. The number of hydrogen-bond acceptors (Lipinski definition) is 3. The number of rotatable bonds is 6. The van der Waals surface area contributed by atoms with Gasteiger partial charge >= 0.3 is 0 Å². The highest BCUT2D eigenvalue weighted by Gasteiger charge is 2.22. The Morgan fingerprint density at radius 1 is 1.12 bits per heavy atom. The lowest BCUT2D eigenvalue weighted by molar-refractivity contribution is -0.134. The van der Waals surface area contributed by atoms with Gasteiger partial charge in [0.2, 0.25) is 11.8 Å². The fourth-order valence-corrected chi connectivity index (χ4v) is 3.12. The van der Waals surface area contributed by atoms with Gasteiger partial charge in [-0.1, -0.05) is 26.0 Å². The normalized spacial score (nSPS) is 14.8. The van der Waals surface area contributed by atoms with Crippen molar-refractivity contribution in [2.24, 2.45) is 5.92 Å². The number of hydrogen-bond donors (Lipinski definition) is 1. The molecule has 1 aliphatic heterocycles. The van der Waals surface area contributed by atoms with Crippen LogP contribution in [-0.2, 0) is 9.59 Å². The van der Waals surface area contributed by atoms with E-state index in [2.05, 4.69) is 41.4 Å². The highest BCUT2D eigenvalue weighted by atomic mass is 16.2. The third kappa shape index (κ3) is 4.73. The zero-order valence-electron chi connectivity index (χ0n) is 15.0. The molecule has 1 aromatic carbocycles. The van der Waals surface area contributed by atoms with Gasteiger partial charge in [0, 0.05) is 37.8 Å². The highest BCUT2D eigenvalue weighted by Crippen LogP contribution is 2.17. The summed E-state index contributed by atoms with van der Waals surface area (Å²) in [7, 11) is 0. The van der Waals surface area contributed by atoms with Crippen LogP contribution in [0.4, 0.5) is 5.69 Å².